The average molecular weight is 447 g/mol. The smallest absolute Gasteiger partial charge is 0.261 e. The Morgan fingerprint density at radius 1 is 1.07 bits per heavy atom. The summed E-state index contributed by atoms with van der Waals surface area (Å²) in [5.74, 6) is 0.203. The van der Waals surface area contributed by atoms with Gasteiger partial charge in [0.1, 0.15) is 11.8 Å². The Labute approximate surface area is 175 Å². The van der Waals surface area contributed by atoms with Crippen LogP contribution in [-0.2, 0) is 16.1 Å². The summed E-state index contributed by atoms with van der Waals surface area (Å²) in [7, 11) is 0. The van der Waals surface area contributed by atoms with Crippen LogP contribution in [0, 0.1) is 0 Å². The van der Waals surface area contributed by atoms with Crippen LogP contribution in [0.1, 0.15) is 32.8 Å². The van der Waals surface area contributed by atoms with Crippen LogP contribution in [-0.4, -0.2) is 35.4 Å². The standard InChI is InChI=1S/C22H27BrN2O3/c1-4-16(2)24-22(27)17(3)25(14-18-8-6-5-7-9-18)21(26)15-28-20-12-10-19(23)11-13-20/h5-13,16-17H,4,14-15H2,1-3H3,(H,24,27)/t16-,17+/m0/s1. The predicted octanol–water partition coefficient (Wildman–Crippen LogP) is 4.16. The van der Waals surface area contributed by atoms with Crippen LogP contribution in [0.15, 0.2) is 59.1 Å². The van der Waals surface area contributed by atoms with Crippen molar-refractivity contribution in [1.82, 2.24) is 10.2 Å². The first-order valence-electron chi connectivity index (χ1n) is 9.42. The topological polar surface area (TPSA) is 58.6 Å². The van der Waals surface area contributed by atoms with E-state index in [9.17, 15) is 9.59 Å². The van der Waals surface area contributed by atoms with Crippen LogP contribution in [0.25, 0.3) is 0 Å². The van der Waals surface area contributed by atoms with Gasteiger partial charge in [0.25, 0.3) is 5.91 Å². The van der Waals surface area contributed by atoms with Gasteiger partial charge in [0, 0.05) is 17.1 Å². The molecule has 0 bridgehead atoms. The number of nitrogens with one attached hydrogen (secondary N) is 1. The van der Waals surface area contributed by atoms with Crippen LogP contribution in [0.4, 0.5) is 0 Å². The Hall–Kier alpha value is -2.34. The molecule has 0 radical (unpaired) electrons. The Balaban J connectivity index is 2.10. The van der Waals surface area contributed by atoms with Crippen LogP contribution in [0.2, 0.25) is 0 Å². The highest BCUT2D eigenvalue weighted by Gasteiger charge is 2.27. The number of benzene rings is 2. The van der Waals surface area contributed by atoms with E-state index in [2.05, 4.69) is 21.2 Å². The van der Waals surface area contributed by atoms with Gasteiger partial charge in [-0.25, -0.2) is 0 Å². The fourth-order valence-corrected chi connectivity index (χ4v) is 2.85. The largest absolute Gasteiger partial charge is 0.484 e. The summed E-state index contributed by atoms with van der Waals surface area (Å²) in [5, 5.41) is 2.95. The molecule has 0 aliphatic heterocycles. The first-order valence-corrected chi connectivity index (χ1v) is 10.2. The number of ether oxygens (including phenoxy) is 1. The van der Waals surface area contributed by atoms with Gasteiger partial charge in [-0.15, -0.1) is 0 Å². The third-order valence-corrected chi connectivity index (χ3v) is 5.07. The summed E-state index contributed by atoms with van der Waals surface area (Å²) in [6.45, 7) is 5.92. The van der Waals surface area contributed by atoms with Gasteiger partial charge in [0.05, 0.1) is 0 Å². The minimum absolute atomic E-state index is 0.0580. The summed E-state index contributed by atoms with van der Waals surface area (Å²) < 4.78 is 6.57. The van der Waals surface area contributed by atoms with Gasteiger partial charge in [-0.1, -0.05) is 53.2 Å². The van der Waals surface area contributed by atoms with E-state index in [0.29, 0.717) is 12.3 Å². The van der Waals surface area contributed by atoms with Crippen molar-refractivity contribution < 1.29 is 14.3 Å². The molecule has 0 aliphatic rings. The van der Waals surface area contributed by atoms with Crippen molar-refractivity contribution in [3.63, 3.8) is 0 Å². The number of hydrogen-bond acceptors (Lipinski definition) is 3. The highest BCUT2D eigenvalue weighted by molar-refractivity contribution is 9.10. The Morgan fingerprint density at radius 2 is 1.71 bits per heavy atom. The number of carbonyl (C=O) groups is 2. The molecule has 2 aromatic rings. The number of halogens is 1. The van der Waals surface area contributed by atoms with E-state index < -0.39 is 6.04 Å². The molecule has 0 unspecified atom stereocenters. The number of rotatable bonds is 9. The van der Waals surface area contributed by atoms with E-state index in [0.717, 1.165) is 16.5 Å². The maximum atomic E-state index is 12.9. The second kappa shape index (κ2) is 10.9. The summed E-state index contributed by atoms with van der Waals surface area (Å²) in [5.41, 5.74) is 0.961. The lowest BCUT2D eigenvalue weighted by Crippen LogP contribution is -2.50. The van der Waals surface area contributed by atoms with Crippen molar-refractivity contribution >= 4 is 27.7 Å². The zero-order chi connectivity index (χ0) is 20.5. The number of nitrogens with zero attached hydrogens (tertiary/aromatic N) is 1. The number of hydrogen-bond donors (Lipinski definition) is 1. The van der Waals surface area contributed by atoms with Crippen molar-refractivity contribution in [3.8, 4) is 5.75 Å². The van der Waals surface area contributed by atoms with Gasteiger partial charge in [0.2, 0.25) is 5.91 Å². The van der Waals surface area contributed by atoms with Crippen LogP contribution in [0.3, 0.4) is 0 Å². The molecule has 150 valence electrons. The highest BCUT2D eigenvalue weighted by atomic mass is 79.9. The van der Waals surface area contributed by atoms with Crippen molar-refractivity contribution in [2.75, 3.05) is 6.61 Å². The lowest BCUT2D eigenvalue weighted by Gasteiger charge is -2.29. The second-order valence-corrected chi connectivity index (χ2v) is 7.66. The van der Waals surface area contributed by atoms with Crippen LogP contribution in [0.5, 0.6) is 5.75 Å². The lowest BCUT2D eigenvalue weighted by molar-refractivity contribution is -0.142. The zero-order valence-electron chi connectivity index (χ0n) is 16.5. The summed E-state index contributed by atoms with van der Waals surface area (Å²) in [4.78, 5) is 27.1. The summed E-state index contributed by atoms with van der Waals surface area (Å²) in [6.07, 6.45) is 0.831. The average Bonchev–Trinajstić information content (AvgIpc) is 2.71. The normalized spacial score (nSPS) is 12.7. The molecular weight excluding hydrogens is 420 g/mol. The van der Waals surface area contributed by atoms with Crippen molar-refractivity contribution in [3.05, 3.63) is 64.6 Å². The van der Waals surface area contributed by atoms with E-state index in [1.54, 1.807) is 24.0 Å². The molecule has 0 saturated carbocycles. The Bertz CT molecular complexity index is 765. The maximum absolute atomic E-state index is 12.9. The fraction of sp³-hybridized carbons (Fsp3) is 0.364. The molecule has 2 rings (SSSR count). The summed E-state index contributed by atoms with van der Waals surface area (Å²) >= 11 is 3.37. The molecule has 0 spiro atoms. The molecule has 0 aliphatic carbocycles. The molecule has 1 N–H and O–H groups in total. The maximum Gasteiger partial charge on any atom is 0.261 e. The van der Waals surface area contributed by atoms with Crippen LogP contribution < -0.4 is 10.1 Å². The SMILES string of the molecule is CC[C@H](C)NC(=O)[C@@H](C)N(Cc1ccccc1)C(=O)COc1ccc(Br)cc1. The molecule has 2 atom stereocenters. The van der Waals surface area contributed by atoms with Crippen molar-refractivity contribution in [1.29, 1.82) is 0 Å². The second-order valence-electron chi connectivity index (χ2n) is 6.74. The fourth-order valence-electron chi connectivity index (χ4n) is 2.59. The molecule has 0 heterocycles. The van der Waals surface area contributed by atoms with Crippen LogP contribution >= 0.6 is 15.9 Å². The zero-order valence-corrected chi connectivity index (χ0v) is 18.1. The van der Waals surface area contributed by atoms with E-state index >= 15 is 0 Å². The predicted molar refractivity (Wildman–Crippen MR) is 114 cm³/mol. The first-order chi connectivity index (χ1) is 13.4. The monoisotopic (exact) mass is 446 g/mol. The minimum Gasteiger partial charge on any atom is -0.484 e. The van der Waals surface area contributed by atoms with Gasteiger partial charge >= 0.3 is 0 Å². The molecule has 2 amide bonds. The lowest BCUT2D eigenvalue weighted by atomic mass is 10.1. The minimum atomic E-state index is -0.602. The van der Waals surface area contributed by atoms with E-state index in [4.69, 9.17) is 4.74 Å². The van der Waals surface area contributed by atoms with E-state index in [1.807, 2.05) is 56.3 Å². The molecule has 28 heavy (non-hydrogen) atoms. The molecule has 0 aromatic heterocycles. The first kappa shape index (κ1) is 22.0. The highest BCUT2D eigenvalue weighted by Crippen LogP contribution is 2.17. The molecule has 2 aromatic carbocycles. The van der Waals surface area contributed by atoms with Gasteiger partial charge in [-0.05, 0) is 50.1 Å². The Morgan fingerprint density at radius 3 is 2.32 bits per heavy atom. The van der Waals surface area contributed by atoms with Gasteiger partial charge in [0.15, 0.2) is 6.61 Å². The summed E-state index contributed by atoms with van der Waals surface area (Å²) in [6, 6.07) is 16.4. The molecule has 5 nitrogen and oxygen atoms in total. The molecule has 6 heteroatoms. The molecular formula is C22H27BrN2O3. The van der Waals surface area contributed by atoms with Gasteiger partial charge < -0.3 is 15.0 Å². The van der Waals surface area contributed by atoms with Gasteiger partial charge in [-0.3, -0.25) is 9.59 Å². The van der Waals surface area contributed by atoms with Crippen molar-refractivity contribution in [2.45, 2.75) is 45.8 Å². The van der Waals surface area contributed by atoms with Crippen molar-refractivity contribution in [2.24, 2.45) is 0 Å². The van der Waals surface area contributed by atoms with E-state index in [-0.39, 0.29) is 24.5 Å². The van der Waals surface area contributed by atoms with Gasteiger partial charge in [-0.2, -0.15) is 0 Å². The third kappa shape index (κ3) is 6.68. The third-order valence-electron chi connectivity index (χ3n) is 4.54. The molecule has 0 saturated heterocycles. The van der Waals surface area contributed by atoms with E-state index in [1.165, 1.54) is 0 Å². The Kier molecular flexibility index (Phi) is 8.51. The number of carbonyl (C=O) groups excluding carboxylic acids is 2. The molecule has 0 fully saturated rings. The number of amides is 2. The quantitative estimate of drug-likeness (QED) is 0.628.